The number of hydrogen-bond acceptors (Lipinski definition) is 5. The zero-order valence-electron chi connectivity index (χ0n) is 42.8. The van der Waals surface area contributed by atoms with E-state index in [2.05, 4.69) is 253 Å². The molecule has 10 aromatic rings. The largest absolute Gasteiger partial charge is 0.482 e. The summed E-state index contributed by atoms with van der Waals surface area (Å²) in [4.78, 5) is 20.6. The lowest BCUT2D eigenvalue weighted by molar-refractivity contribution is 0.103. The van der Waals surface area contributed by atoms with Gasteiger partial charge in [0.05, 0.1) is 28.9 Å². The second-order valence-electron chi connectivity index (χ2n) is 21.6. The maximum atomic E-state index is 15.7. The standard InChI is InChI=1S/C74H48N2O3/c77-73(46-34-38-57-56-21-5-8-24-63(56)74(64(57)42-46)61-22-6-3-19-54(61)55-20-4-7-23-62(55)74)45-33-37-51-49-17-1-2-18-50(49)59-43-47(75-65-25-9-13-29-69(65)78-70-30-14-10-26-66(70)75)35-39-52(59)53-40-36-48(44-60(53)58(51)41-45)76-67-27-11-15-31-71(67)79-72-32-16-12-28-68(72)76/h1-44,65,67,69,71H. The molecule has 0 bridgehead atoms. The van der Waals surface area contributed by atoms with Crippen LogP contribution in [0.25, 0.3) is 66.8 Å². The van der Waals surface area contributed by atoms with Crippen LogP contribution in [-0.2, 0) is 5.41 Å². The Morgan fingerprint density at radius 1 is 0.329 bits per heavy atom. The Morgan fingerprint density at radius 2 is 0.696 bits per heavy atom. The molecule has 0 fully saturated rings. The number of benzene rings is 10. The Hall–Kier alpha value is -9.97. The van der Waals surface area contributed by atoms with Crippen LogP contribution in [0.15, 0.2) is 267 Å². The fraction of sp³-hybridized carbons (Fsp3) is 0.0676. The molecule has 4 atom stereocenters. The third kappa shape index (κ3) is 6.24. The second-order valence-corrected chi connectivity index (χ2v) is 21.6. The van der Waals surface area contributed by atoms with Crippen molar-refractivity contribution in [3.05, 3.63) is 300 Å². The van der Waals surface area contributed by atoms with Crippen LogP contribution in [0.5, 0.6) is 11.5 Å². The SMILES string of the molecule is O=C(c1ccc2c(c1)-c1cc(N3c4ccccc4OC4C=CC=CC43)ccc1-c1ccc(N3c4ccccc4OC4C=CC=CC43)cc1-c1ccccc1-2)c1ccc2c(c1)C1(c3ccccc3-c3ccccc31)c1ccccc1-2. The van der Waals surface area contributed by atoms with Crippen molar-refractivity contribution in [3.63, 3.8) is 0 Å². The van der Waals surface area contributed by atoms with Gasteiger partial charge in [0.25, 0.3) is 0 Å². The number of carbonyl (C=O) groups is 1. The average molecular weight is 1010 g/mol. The summed E-state index contributed by atoms with van der Waals surface area (Å²) < 4.78 is 13.3. The van der Waals surface area contributed by atoms with Gasteiger partial charge in [-0.1, -0.05) is 194 Å². The fourth-order valence-corrected chi connectivity index (χ4v) is 14.4. The molecule has 79 heavy (non-hydrogen) atoms. The van der Waals surface area contributed by atoms with Crippen molar-refractivity contribution in [2.24, 2.45) is 0 Å². The fourth-order valence-electron chi connectivity index (χ4n) is 14.4. The maximum Gasteiger partial charge on any atom is 0.193 e. The molecule has 5 nitrogen and oxygen atoms in total. The Balaban J connectivity index is 0.867. The highest BCUT2D eigenvalue weighted by molar-refractivity contribution is 6.13. The first-order chi connectivity index (χ1) is 39.1. The summed E-state index contributed by atoms with van der Waals surface area (Å²) in [5.41, 5.74) is 23.3. The molecule has 2 aliphatic heterocycles. The molecule has 5 aliphatic carbocycles. The lowest BCUT2D eigenvalue weighted by atomic mass is 9.70. The summed E-state index contributed by atoms with van der Waals surface area (Å²) in [6, 6.07) is 78.6. The Morgan fingerprint density at radius 3 is 1.23 bits per heavy atom. The van der Waals surface area contributed by atoms with E-state index in [0.29, 0.717) is 11.1 Å². The lowest BCUT2D eigenvalue weighted by Gasteiger charge is -2.42. The van der Waals surface area contributed by atoms with Gasteiger partial charge in [-0.2, -0.15) is 0 Å². The number of para-hydroxylation sites is 4. The van der Waals surface area contributed by atoms with Crippen LogP contribution in [-0.4, -0.2) is 30.1 Å². The lowest BCUT2D eigenvalue weighted by Crippen LogP contribution is -2.46. The van der Waals surface area contributed by atoms with Crippen LogP contribution in [0, 0.1) is 0 Å². The zero-order valence-corrected chi connectivity index (χ0v) is 42.8. The molecule has 372 valence electrons. The Bertz CT molecular complexity index is 4360. The van der Waals surface area contributed by atoms with Crippen LogP contribution < -0.4 is 19.3 Å². The molecule has 0 N–H and O–H groups in total. The van der Waals surface area contributed by atoms with Crippen LogP contribution in [0.4, 0.5) is 22.7 Å². The van der Waals surface area contributed by atoms with Gasteiger partial charge >= 0.3 is 0 Å². The molecular weight excluding hydrogens is 965 g/mol. The minimum atomic E-state index is -0.564. The highest BCUT2D eigenvalue weighted by atomic mass is 16.5. The predicted molar refractivity (Wildman–Crippen MR) is 318 cm³/mol. The molecule has 0 radical (unpaired) electrons. The molecule has 0 amide bonds. The number of anilines is 4. The molecule has 17 rings (SSSR count). The third-order valence-electron chi connectivity index (χ3n) is 17.7. The first kappa shape index (κ1) is 44.2. The minimum Gasteiger partial charge on any atom is -0.482 e. The van der Waals surface area contributed by atoms with Gasteiger partial charge in [0.2, 0.25) is 0 Å². The molecular formula is C74H48N2O3. The van der Waals surface area contributed by atoms with Crippen molar-refractivity contribution in [1.29, 1.82) is 0 Å². The van der Waals surface area contributed by atoms with Gasteiger partial charge in [-0.25, -0.2) is 0 Å². The molecule has 1 spiro atoms. The average Bonchev–Trinajstić information content (AvgIpc) is 3.89. The van der Waals surface area contributed by atoms with E-state index in [1.807, 2.05) is 24.3 Å². The normalized spacial score (nSPS) is 19.0. The number of rotatable bonds is 4. The smallest absolute Gasteiger partial charge is 0.193 e. The first-order valence-electron chi connectivity index (χ1n) is 27.4. The van der Waals surface area contributed by atoms with Gasteiger partial charge in [-0.15, -0.1) is 0 Å². The Kier molecular flexibility index (Phi) is 9.38. The van der Waals surface area contributed by atoms with E-state index in [9.17, 15) is 0 Å². The summed E-state index contributed by atoms with van der Waals surface area (Å²) in [6.07, 6.45) is 16.9. The number of fused-ring (bicyclic) bond motifs is 22. The van der Waals surface area contributed by atoms with Gasteiger partial charge in [0.1, 0.15) is 23.7 Å². The van der Waals surface area contributed by atoms with E-state index in [1.165, 1.54) is 33.4 Å². The van der Waals surface area contributed by atoms with E-state index >= 15 is 4.79 Å². The summed E-state index contributed by atoms with van der Waals surface area (Å²) in [7, 11) is 0. The Labute approximate surface area is 458 Å². The van der Waals surface area contributed by atoms with Gasteiger partial charge in [-0.3, -0.25) is 4.79 Å². The highest BCUT2D eigenvalue weighted by Gasteiger charge is 2.52. The molecule has 5 heteroatoms. The molecule has 2 heterocycles. The van der Waals surface area contributed by atoms with E-state index in [1.54, 1.807) is 0 Å². The number of hydrogen-bond donors (Lipinski definition) is 0. The first-order valence-corrected chi connectivity index (χ1v) is 27.4. The van der Waals surface area contributed by atoms with Gasteiger partial charge in [0, 0.05) is 22.5 Å². The molecule has 7 aliphatic rings. The van der Waals surface area contributed by atoms with Crippen LogP contribution in [0.3, 0.4) is 0 Å². The number of nitrogens with zero attached hydrogens (tertiary/aromatic N) is 2. The van der Waals surface area contributed by atoms with Crippen molar-refractivity contribution in [2.45, 2.75) is 29.7 Å². The third-order valence-corrected chi connectivity index (χ3v) is 17.7. The molecule has 0 saturated carbocycles. The summed E-state index contributed by atoms with van der Waals surface area (Å²) in [5.74, 6) is 1.69. The zero-order chi connectivity index (χ0) is 51.9. The monoisotopic (exact) mass is 1010 g/mol. The quantitative estimate of drug-likeness (QED) is 0.164. The molecule has 10 aromatic carbocycles. The number of ketones is 1. The number of allylic oxidation sites excluding steroid dienone is 4. The van der Waals surface area contributed by atoms with E-state index in [4.69, 9.17) is 9.47 Å². The van der Waals surface area contributed by atoms with E-state index in [-0.39, 0.29) is 30.1 Å². The number of ether oxygens (including phenoxy) is 2. The van der Waals surface area contributed by atoms with Crippen LogP contribution in [0.1, 0.15) is 38.2 Å². The summed E-state index contributed by atoms with van der Waals surface area (Å²) in [5, 5.41) is 0. The van der Waals surface area contributed by atoms with Gasteiger partial charge < -0.3 is 19.3 Å². The summed E-state index contributed by atoms with van der Waals surface area (Å²) in [6.45, 7) is 0. The van der Waals surface area contributed by atoms with Crippen molar-refractivity contribution in [1.82, 2.24) is 0 Å². The summed E-state index contributed by atoms with van der Waals surface area (Å²) >= 11 is 0. The van der Waals surface area contributed by atoms with Gasteiger partial charge in [-0.05, 0) is 162 Å². The maximum absolute atomic E-state index is 15.7. The van der Waals surface area contributed by atoms with Crippen molar-refractivity contribution < 1.29 is 14.3 Å². The van der Waals surface area contributed by atoms with Gasteiger partial charge in [0.15, 0.2) is 5.78 Å². The minimum absolute atomic E-state index is 0.0193. The van der Waals surface area contributed by atoms with Crippen molar-refractivity contribution in [2.75, 3.05) is 9.80 Å². The van der Waals surface area contributed by atoms with Crippen LogP contribution in [0.2, 0.25) is 0 Å². The van der Waals surface area contributed by atoms with Crippen molar-refractivity contribution in [3.8, 4) is 78.3 Å². The second kappa shape index (κ2) is 16.8. The van der Waals surface area contributed by atoms with Crippen LogP contribution >= 0.6 is 0 Å². The highest BCUT2D eigenvalue weighted by Crippen LogP contribution is 2.63. The molecule has 0 aromatic heterocycles. The predicted octanol–water partition coefficient (Wildman–Crippen LogP) is 17.0. The van der Waals surface area contributed by atoms with E-state index < -0.39 is 5.41 Å². The van der Waals surface area contributed by atoms with Crippen molar-refractivity contribution >= 4 is 28.5 Å². The molecule has 4 unspecified atom stereocenters. The molecule has 0 saturated heterocycles. The topological polar surface area (TPSA) is 42.0 Å². The number of carbonyl (C=O) groups excluding carboxylic acids is 1. The van der Waals surface area contributed by atoms with E-state index in [0.717, 1.165) is 89.9 Å².